The quantitative estimate of drug-likeness (QED) is 0.0514. The Balaban J connectivity index is 1.37. The van der Waals surface area contributed by atoms with Gasteiger partial charge in [0.1, 0.15) is 41.3 Å². The summed E-state index contributed by atoms with van der Waals surface area (Å²) >= 11 is 0. The number of nitrogens with zero attached hydrogens (tertiary/aromatic N) is 3. The summed E-state index contributed by atoms with van der Waals surface area (Å²) in [5.74, 6) is 2.12. The van der Waals surface area contributed by atoms with Gasteiger partial charge in [-0.25, -0.2) is 4.67 Å². The number of carbonyl (C=O) groups excluding carboxylic acids is 1. The molecule has 1 amide bonds. The zero-order valence-corrected chi connectivity index (χ0v) is 37.8. The van der Waals surface area contributed by atoms with E-state index in [1.807, 2.05) is 86.7 Å². The minimum absolute atomic E-state index is 0.0845. The Morgan fingerprint density at radius 2 is 1.44 bits per heavy atom. The van der Waals surface area contributed by atoms with Crippen molar-refractivity contribution in [3.05, 3.63) is 137 Å². The molecule has 2 heterocycles. The van der Waals surface area contributed by atoms with E-state index in [0.29, 0.717) is 6.42 Å². The van der Waals surface area contributed by atoms with E-state index in [0.717, 1.165) is 50.6 Å². The predicted molar refractivity (Wildman–Crippen MR) is 237 cm³/mol. The van der Waals surface area contributed by atoms with E-state index in [2.05, 4.69) is 69.6 Å². The molecule has 0 aromatic heterocycles. The van der Waals surface area contributed by atoms with Gasteiger partial charge in [0.05, 0.1) is 52.4 Å². The van der Waals surface area contributed by atoms with Crippen LogP contribution in [0.4, 0.5) is 0 Å². The van der Waals surface area contributed by atoms with E-state index in [1.54, 1.807) is 25.3 Å². The predicted octanol–water partition coefficient (Wildman–Crippen LogP) is 9.91. The number of ether oxygens (including phenoxy) is 5. The Morgan fingerprint density at radius 3 is 1.97 bits per heavy atom. The van der Waals surface area contributed by atoms with Crippen LogP contribution in [0.2, 0.25) is 0 Å². The number of hydrogen-bond donors (Lipinski definition) is 0. The molecule has 0 saturated carbocycles. The van der Waals surface area contributed by atoms with Crippen molar-refractivity contribution in [3.63, 3.8) is 0 Å². The molecule has 12 heteroatoms. The minimum Gasteiger partial charge on any atom is -0.497 e. The average molecular weight is 850 g/mol. The fourth-order valence-corrected chi connectivity index (χ4v) is 10.0. The molecular formula is C49H60N3O8P. The summed E-state index contributed by atoms with van der Waals surface area (Å²) in [5, 5.41) is 9.41. The summed E-state index contributed by atoms with van der Waals surface area (Å²) < 4.78 is 47.4. The topological polar surface area (TPSA) is 112 Å². The van der Waals surface area contributed by atoms with Crippen molar-refractivity contribution in [2.75, 3.05) is 27.4 Å². The van der Waals surface area contributed by atoms with Crippen molar-refractivity contribution in [2.45, 2.75) is 110 Å². The second-order valence-electron chi connectivity index (χ2n) is 16.1. The van der Waals surface area contributed by atoms with Crippen LogP contribution in [-0.2, 0) is 28.9 Å². The standard InChI is InChI=1S/C49H60N3O8P/c1-33(2)52(34(3)4)61(57-27-13-25-50)60-44-31-47(51-26-24-43(30-46(51)53)58-48-36(6)28-35(5)29-37(48)7)59-45(44)32-56-49(38-14-11-10-12-15-38,39-16-20-41(54-8)21-17-39)40-18-22-42(55-9)23-19-40/h10-12,14-24,26,28-29,33-34,43-45,47H,13,27,30-32H2,1-9H3/t43?,44-,45+,47+,61?/m0/s1. The Morgan fingerprint density at radius 1 is 0.869 bits per heavy atom. The van der Waals surface area contributed by atoms with E-state index in [-0.39, 0.29) is 44.0 Å². The number of rotatable bonds is 19. The summed E-state index contributed by atoms with van der Waals surface area (Å²) in [7, 11) is 1.64. The minimum atomic E-state index is -1.65. The van der Waals surface area contributed by atoms with E-state index in [1.165, 1.54) is 0 Å². The average Bonchev–Trinajstić information content (AvgIpc) is 3.64. The maximum Gasteiger partial charge on any atom is 0.259 e. The third kappa shape index (κ3) is 10.6. The van der Waals surface area contributed by atoms with Gasteiger partial charge in [-0.1, -0.05) is 72.3 Å². The molecule has 2 unspecified atom stereocenters. The van der Waals surface area contributed by atoms with Crippen molar-refractivity contribution < 1.29 is 37.5 Å². The van der Waals surface area contributed by atoms with Crippen LogP contribution < -0.4 is 14.2 Å². The third-order valence-electron chi connectivity index (χ3n) is 11.0. The Kier molecular flexibility index (Phi) is 15.6. The summed E-state index contributed by atoms with van der Waals surface area (Å²) in [5.41, 5.74) is 4.78. The van der Waals surface area contributed by atoms with Crippen molar-refractivity contribution in [1.29, 1.82) is 5.26 Å². The Labute approximate surface area is 363 Å². The summed E-state index contributed by atoms with van der Waals surface area (Å²) in [6.45, 7) is 14.8. The molecule has 0 bridgehead atoms. The number of benzene rings is 4. The van der Waals surface area contributed by atoms with E-state index >= 15 is 0 Å². The third-order valence-corrected chi connectivity index (χ3v) is 13.2. The van der Waals surface area contributed by atoms with Crippen LogP contribution in [0.15, 0.2) is 103 Å². The number of carbonyl (C=O) groups is 1. The number of aryl methyl sites for hydroxylation is 3. The second kappa shape index (κ2) is 20.9. The summed E-state index contributed by atoms with van der Waals surface area (Å²) in [6.07, 6.45) is 2.18. The fourth-order valence-electron chi connectivity index (χ4n) is 8.28. The molecule has 2 aliphatic heterocycles. The smallest absolute Gasteiger partial charge is 0.259 e. The molecule has 2 aliphatic rings. The molecule has 4 aromatic rings. The molecular weight excluding hydrogens is 790 g/mol. The van der Waals surface area contributed by atoms with Gasteiger partial charge in [0.2, 0.25) is 5.91 Å². The number of amides is 1. The van der Waals surface area contributed by atoms with Gasteiger partial charge in [-0.15, -0.1) is 0 Å². The van der Waals surface area contributed by atoms with Gasteiger partial charge in [-0.05, 0) is 107 Å². The van der Waals surface area contributed by atoms with Gasteiger partial charge >= 0.3 is 0 Å². The zero-order valence-electron chi connectivity index (χ0n) is 36.9. The summed E-state index contributed by atoms with van der Waals surface area (Å²) in [4.78, 5) is 15.7. The first-order valence-electron chi connectivity index (χ1n) is 21.0. The lowest BCUT2D eigenvalue weighted by Gasteiger charge is -2.39. The van der Waals surface area contributed by atoms with Crippen molar-refractivity contribution >= 4 is 14.4 Å². The van der Waals surface area contributed by atoms with Crippen LogP contribution in [0.25, 0.3) is 0 Å². The maximum atomic E-state index is 14.0. The molecule has 61 heavy (non-hydrogen) atoms. The van der Waals surface area contributed by atoms with Crippen molar-refractivity contribution in [1.82, 2.24) is 9.57 Å². The molecule has 0 radical (unpaired) electrons. The number of methoxy groups -OCH3 is 2. The number of hydrogen-bond acceptors (Lipinski definition) is 10. The maximum absolute atomic E-state index is 14.0. The molecule has 1 saturated heterocycles. The fraction of sp³-hybridized carbons (Fsp3) is 0.429. The van der Waals surface area contributed by atoms with E-state index in [4.69, 9.17) is 32.7 Å². The summed E-state index contributed by atoms with van der Waals surface area (Å²) in [6, 6.07) is 32.4. The first-order chi connectivity index (χ1) is 29.4. The number of nitriles is 1. The highest BCUT2D eigenvalue weighted by Crippen LogP contribution is 2.50. The molecule has 4 aromatic carbocycles. The van der Waals surface area contributed by atoms with Gasteiger partial charge in [-0.2, -0.15) is 5.26 Å². The highest BCUT2D eigenvalue weighted by molar-refractivity contribution is 7.44. The van der Waals surface area contributed by atoms with E-state index < -0.39 is 38.7 Å². The van der Waals surface area contributed by atoms with Gasteiger partial charge in [-0.3, -0.25) is 9.69 Å². The molecule has 0 spiro atoms. The highest BCUT2D eigenvalue weighted by Gasteiger charge is 2.47. The molecule has 11 nitrogen and oxygen atoms in total. The molecule has 0 N–H and O–H groups in total. The normalized spacial score (nSPS) is 19.7. The lowest BCUT2D eigenvalue weighted by Crippen LogP contribution is -2.42. The first-order valence-corrected chi connectivity index (χ1v) is 22.1. The molecule has 5 atom stereocenters. The Hall–Kier alpha value is -4.79. The second-order valence-corrected chi connectivity index (χ2v) is 17.5. The SMILES string of the molecule is COc1ccc(C(OC[C@H]2O[C@@H](N3C=CC(Oc4c(C)cc(C)cc4C)CC3=O)C[C@@H]2OP(OCCC#N)N(C(C)C)C(C)C)(c2ccccc2)c2ccc(OC)cc2)cc1. The van der Waals surface area contributed by atoms with Crippen LogP contribution in [-0.4, -0.2) is 79.5 Å². The van der Waals surface area contributed by atoms with E-state index in [9.17, 15) is 10.1 Å². The van der Waals surface area contributed by atoms with Crippen LogP contribution in [0, 0.1) is 32.1 Å². The van der Waals surface area contributed by atoms with Gasteiger partial charge in [0, 0.05) is 24.7 Å². The largest absolute Gasteiger partial charge is 0.497 e. The lowest BCUT2D eigenvalue weighted by molar-refractivity contribution is -0.146. The lowest BCUT2D eigenvalue weighted by atomic mass is 9.80. The Bertz CT molecular complexity index is 2040. The van der Waals surface area contributed by atoms with Crippen LogP contribution in [0.3, 0.4) is 0 Å². The zero-order chi connectivity index (χ0) is 43.7. The molecule has 0 aliphatic carbocycles. The van der Waals surface area contributed by atoms with Gasteiger partial charge in [0.25, 0.3) is 8.53 Å². The van der Waals surface area contributed by atoms with Crippen molar-refractivity contribution in [2.24, 2.45) is 0 Å². The van der Waals surface area contributed by atoms with Gasteiger partial charge < -0.3 is 32.7 Å². The van der Waals surface area contributed by atoms with Gasteiger partial charge in [0.15, 0.2) is 0 Å². The highest BCUT2D eigenvalue weighted by atomic mass is 31.2. The molecule has 324 valence electrons. The van der Waals surface area contributed by atoms with Crippen molar-refractivity contribution in [3.8, 4) is 23.3 Å². The first kappa shape index (κ1) is 45.7. The van der Waals surface area contributed by atoms with Crippen LogP contribution >= 0.6 is 8.53 Å². The molecule has 1 fully saturated rings. The van der Waals surface area contributed by atoms with Crippen LogP contribution in [0.1, 0.15) is 80.3 Å². The molecule has 6 rings (SSSR count). The van der Waals surface area contributed by atoms with Crippen LogP contribution in [0.5, 0.6) is 17.2 Å². The monoisotopic (exact) mass is 849 g/mol.